The van der Waals surface area contributed by atoms with Gasteiger partial charge in [-0.1, -0.05) is 54.1 Å². The van der Waals surface area contributed by atoms with Crippen LogP contribution in [0.25, 0.3) is 22.6 Å². The number of para-hydroxylation sites is 2. The second-order valence-electron chi connectivity index (χ2n) is 7.37. The number of nitrogens with zero attached hydrogens (tertiary/aromatic N) is 2. The Labute approximate surface area is 178 Å². The average Bonchev–Trinajstić information content (AvgIpc) is 3.22. The number of hydrogen-bond acceptors (Lipinski definition) is 1. The van der Waals surface area contributed by atoms with Crippen LogP contribution >= 0.6 is 11.6 Å². The summed E-state index contributed by atoms with van der Waals surface area (Å²) in [6.07, 6.45) is 3.88. The van der Waals surface area contributed by atoms with Crippen LogP contribution in [0.2, 0.25) is 5.02 Å². The molecule has 0 radical (unpaired) electrons. The van der Waals surface area contributed by atoms with Gasteiger partial charge in [0, 0.05) is 51.4 Å². The van der Waals surface area contributed by atoms with Gasteiger partial charge in [0.05, 0.1) is 12.2 Å². The van der Waals surface area contributed by atoms with Crippen molar-refractivity contribution in [2.24, 2.45) is 0 Å². The van der Waals surface area contributed by atoms with Crippen molar-refractivity contribution in [3.05, 3.63) is 100 Å². The predicted molar refractivity (Wildman–Crippen MR) is 120 cm³/mol. The Hall–Kier alpha value is -3.37. The van der Waals surface area contributed by atoms with Gasteiger partial charge in [0.1, 0.15) is 5.82 Å². The Morgan fingerprint density at radius 1 is 1.00 bits per heavy atom. The minimum Gasteiger partial charge on any atom is -0.342 e. The lowest BCUT2D eigenvalue weighted by Gasteiger charge is -2.08. The highest BCUT2D eigenvalue weighted by molar-refractivity contribution is 6.36. The summed E-state index contributed by atoms with van der Waals surface area (Å²) in [5, 5.41) is 1.39. The van der Waals surface area contributed by atoms with Crippen LogP contribution in [-0.4, -0.2) is 17.5 Å². The molecule has 2 heterocycles. The zero-order chi connectivity index (χ0) is 20.8. The number of aromatic nitrogens is 1. The summed E-state index contributed by atoms with van der Waals surface area (Å²) in [4.78, 5) is 14.5. The molecule has 0 spiro atoms. The van der Waals surface area contributed by atoms with E-state index in [1.165, 1.54) is 6.07 Å². The van der Waals surface area contributed by atoms with Gasteiger partial charge < -0.3 is 9.47 Å². The van der Waals surface area contributed by atoms with E-state index >= 15 is 0 Å². The highest BCUT2D eigenvalue weighted by Crippen LogP contribution is 2.37. The quantitative estimate of drug-likeness (QED) is 0.376. The van der Waals surface area contributed by atoms with Gasteiger partial charge in [0.2, 0.25) is 0 Å². The molecule has 5 rings (SSSR count). The first-order chi connectivity index (χ1) is 14.5. The summed E-state index contributed by atoms with van der Waals surface area (Å²) in [6, 6.07) is 20.4. The van der Waals surface area contributed by atoms with E-state index in [2.05, 4.69) is 0 Å². The molecule has 1 aromatic heterocycles. The third-order valence-electron chi connectivity index (χ3n) is 5.60. The SMILES string of the molecule is CN1C(=O)/C(=C/c2cn(Cc3c(F)cccc3Cl)c3ccccc23)c2ccccc21. The summed E-state index contributed by atoms with van der Waals surface area (Å²) < 4.78 is 16.3. The Kier molecular flexibility index (Phi) is 4.44. The van der Waals surface area contributed by atoms with E-state index in [4.69, 9.17) is 11.6 Å². The molecule has 0 unspecified atom stereocenters. The van der Waals surface area contributed by atoms with Gasteiger partial charge in [-0.05, 0) is 30.3 Å². The Balaban J connectivity index is 1.65. The van der Waals surface area contributed by atoms with Crippen molar-refractivity contribution in [3.63, 3.8) is 0 Å². The highest BCUT2D eigenvalue weighted by Gasteiger charge is 2.29. The summed E-state index contributed by atoms with van der Waals surface area (Å²) in [5.41, 5.74) is 4.78. The van der Waals surface area contributed by atoms with Gasteiger partial charge in [-0.25, -0.2) is 4.39 Å². The van der Waals surface area contributed by atoms with Crippen LogP contribution in [0, 0.1) is 5.82 Å². The van der Waals surface area contributed by atoms with E-state index in [0.717, 1.165) is 27.7 Å². The van der Waals surface area contributed by atoms with Crippen molar-refractivity contribution in [2.45, 2.75) is 6.54 Å². The van der Waals surface area contributed by atoms with Crippen molar-refractivity contribution in [1.82, 2.24) is 4.57 Å². The molecule has 0 aliphatic carbocycles. The van der Waals surface area contributed by atoms with Crippen LogP contribution in [0.15, 0.2) is 72.9 Å². The first-order valence-electron chi connectivity index (χ1n) is 9.64. The smallest absolute Gasteiger partial charge is 0.258 e. The number of carbonyl (C=O) groups excluding carboxylic acids is 1. The van der Waals surface area contributed by atoms with Crippen molar-refractivity contribution in [2.75, 3.05) is 11.9 Å². The maximum absolute atomic E-state index is 14.4. The second-order valence-corrected chi connectivity index (χ2v) is 7.78. The van der Waals surface area contributed by atoms with Crippen LogP contribution in [0.4, 0.5) is 10.1 Å². The van der Waals surface area contributed by atoms with Crippen LogP contribution in [-0.2, 0) is 11.3 Å². The van der Waals surface area contributed by atoms with Crippen LogP contribution < -0.4 is 4.90 Å². The summed E-state index contributed by atoms with van der Waals surface area (Å²) in [5.74, 6) is -0.369. The monoisotopic (exact) mass is 416 g/mol. The zero-order valence-corrected chi connectivity index (χ0v) is 17.0. The van der Waals surface area contributed by atoms with Gasteiger partial charge in [0.15, 0.2) is 0 Å². The Morgan fingerprint density at radius 3 is 2.60 bits per heavy atom. The molecule has 0 saturated heterocycles. The maximum Gasteiger partial charge on any atom is 0.258 e. The molecule has 1 aliphatic rings. The number of hydrogen-bond donors (Lipinski definition) is 0. The summed E-state index contributed by atoms with van der Waals surface area (Å²) in [6.45, 7) is 0.305. The molecule has 1 amide bonds. The molecule has 30 heavy (non-hydrogen) atoms. The van der Waals surface area contributed by atoms with Gasteiger partial charge in [-0.3, -0.25) is 4.79 Å². The van der Waals surface area contributed by atoms with E-state index in [1.54, 1.807) is 24.1 Å². The van der Waals surface area contributed by atoms with E-state index in [-0.39, 0.29) is 11.7 Å². The molecule has 3 aromatic carbocycles. The van der Waals surface area contributed by atoms with E-state index in [9.17, 15) is 9.18 Å². The molecular weight excluding hydrogens is 399 g/mol. The number of halogens is 2. The van der Waals surface area contributed by atoms with E-state index in [0.29, 0.717) is 22.7 Å². The van der Waals surface area contributed by atoms with Crippen LogP contribution in [0.5, 0.6) is 0 Å². The van der Waals surface area contributed by atoms with Crippen molar-refractivity contribution in [1.29, 1.82) is 0 Å². The number of carbonyl (C=O) groups is 1. The number of benzene rings is 3. The highest BCUT2D eigenvalue weighted by atomic mass is 35.5. The van der Waals surface area contributed by atoms with E-state index in [1.807, 2.05) is 65.4 Å². The van der Waals surface area contributed by atoms with Gasteiger partial charge in [-0.15, -0.1) is 0 Å². The summed E-state index contributed by atoms with van der Waals surface area (Å²) in [7, 11) is 1.78. The molecule has 4 aromatic rings. The zero-order valence-electron chi connectivity index (χ0n) is 16.3. The van der Waals surface area contributed by atoms with Gasteiger partial charge in [0.25, 0.3) is 5.91 Å². The molecule has 0 fully saturated rings. The molecule has 5 heteroatoms. The normalized spacial score (nSPS) is 14.7. The molecule has 148 valence electrons. The van der Waals surface area contributed by atoms with E-state index < -0.39 is 0 Å². The fourth-order valence-corrected chi connectivity index (χ4v) is 4.29. The maximum atomic E-state index is 14.4. The molecule has 0 bridgehead atoms. The standard InChI is InChI=1S/C25H18ClFN2O/c1-28-23-11-4-3-8-18(23)19(25(28)30)13-16-14-29(24-12-5-2-7-17(16)24)15-20-21(26)9-6-10-22(20)27/h2-14H,15H2,1H3/b19-13+. The number of likely N-dealkylation sites (N-methyl/N-ethyl adjacent to an activating group) is 1. The molecule has 1 aliphatic heterocycles. The first kappa shape index (κ1) is 18.6. The number of amides is 1. The number of fused-ring (bicyclic) bond motifs is 2. The third kappa shape index (κ3) is 2.92. The molecule has 0 atom stereocenters. The Bertz CT molecular complexity index is 1320. The van der Waals surface area contributed by atoms with Crippen LogP contribution in [0.3, 0.4) is 0 Å². The molecular formula is C25H18ClFN2O. The average molecular weight is 417 g/mol. The third-order valence-corrected chi connectivity index (χ3v) is 5.95. The van der Waals surface area contributed by atoms with Crippen LogP contribution in [0.1, 0.15) is 16.7 Å². The fraction of sp³-hybridized carbons (Fsp3) is 0.0800. The van der Waals surface area contributed by atoms with Gasteiger partial charge >= 0.3 is 0 Å². The Morgan fingerprint density at radius 2 is 1.77 bits per heavy atom. The number of anilines is 1. The fourth-order valence-electron chi connectivity index (χ4n) is 4.07. The second kappa shape index (κ2) is 7.15. The molecule has 3 nitrogen and oxygen atoms in total. The minimum atomic E-state index is -0.332. The van der Waals surface area contributed by atoms with Gasteiger partial charge in [-0.2, -0.15) is 0 Å². The molecule has 0 N–H and O–H groups in total. The number of rotatable bonds is 3. The summed E-state index contributed by atoms with van der Waals surface area (Å²) >= 11 is 6.25. The van der Waals surface area contributed by atoms with Crippen molar-refractivity contribution in [3.8, 4) is 0 Å². The lowest BCUT2D eigenvalue weighted by Crippen LogP contribution is -2.20. The topological polar surface area (TPSA) is 25.2 Å². The predicted octanol–water partition coefficient (Wildman–Crippen LogP) is 6.00. The largest absolute Gasteiger partial charge is 0.342 e. The first-order valence-corrected chi connectivity index (χ1v) is 10.0. The minimum absolute atomic E-state index is 0.0369. The van der Waals surface area contributed by atoms with Crippen molar-refractivity contribution >= 4 is 45.7 Å². The lowest BCUT2D eigenvalue weighted by molar-refractivity contribution is -0.112. The lowest BCUT2D eigenvalue weighted by atomic mass is 10.0. The van der Waals surface area contributed by atoms with Crippen molar-refractivity contribution < 1.29 is 9.18 Å². The molecule has 0 saturated carbocycles.